The van der Waals surface area contributed by atoms with Gasteiger partial charge in [0, 0.05) is 6.61 Å². The van der Waals surface area contributed by atoms with Gasteiger partial charge < -0.3 is 15.0 Å². The van der Waals surface area contributed by atoms with Crippen molar-refractivity contribution in [2.24, 2.45) is 5.92 Å². The summed E-state index contributed by atoms with van der Waals surface area (Å²) in [4.78, 5) is 26.1. The van der Waals surface area contributed by atoms with E-state index in [4.69, 9.17) is 4.74 Å². The van der Waals surface area contributed by atoms with Gasteiger partial charge in [-0.05, 0) is 26.2 Å². The maximum atomic E-state index is 12.6. The van der Waals surface area contributed by atoms with Gasteiger partial charge in [0.05, 0.1) is 12.6 Å². The molecule has 0 saturated carbocycles. The van der Waals surface area contributed by atoms with Crippen molar-refractivity contribution in [1.29, 1.82) is 0 Å². The van der Waals surface area contributed by atoms with Gasteiger partial charge in [-0.15, -0.1) is 0 Å². The fourth-order valence-corrected chi connectivity index (χ4v) is 2.33. The number of nitrogens with zero attached hydrogens (tertiary/aromatic N) is 1. The average Bonchev–Trinajstić information content (AvgIpc) is 2.35. The lowest BCUT2D eigenvalue weighted by Gasteiger charge is -2.44. The SMILES string of the molecule is CCOCC(C(C)C)N1CC(=O)NC(C)(CC)C1=O. The molecule has 19 heavy (non-hydrogen) atoms. The van der Waals surface area contributed by atoms with Crippen molar-refractivity contribution in [3.05, 3.63) is 0 Å². The fraction of sp³-hybridized carbons (Fsp3) is 0.857. The van der Waals surface area contributed by atoms with E-state index in [1.165, 1.54) is 0 Å². The van der Waals surface area contributed by atoms with Crippen molar-refractivity contribution < 1.29 is 14.3 Å². The molecule has 1 heterocycles. The van der Waals surface area contributed by atoms with Crippen LogP contribution in [0.4, 0.5) is 0 Å². The molecule has 0 radical (unpaired) electrons. The maximum Gasteiger partial charge on any atom is 0.248 e. The molecule has 2 atom stereocenters. The Morgan fingerprint density at radius 1 is 1.37 bits per heavy atom. The summed E-state index contributed by atoms with van der Waals surface area (Å²) in [5.74, 6) is 0.154. The second-order valence-corrected chi connectivity index (χ2v) is 5.64. The largest absolute Gasteiger partial charge is 0.380 e. The molecule has 1 fully saturated rings. The number of carbonyl (C=O) groups is 2. The summed E-state index contributed by atoms with van der Waals surface area (Å²) < 4.78 is 5.47. The summed E-state index contributed by atoms with van der Waals surface area (Å²) >= 11 is 0. The lowest BCUT2D eigenvalue weighted by Crippen LogP contribution is -2.67. The number of nitrogens with one attached hydrogen (secondary N) is 1. The van der Waals surface area contributed by atoms with Crippen LogP contribution in [-0.2, 0) is 14.3 Å². The van der Waals surface area contributed by atoms with Gasteiger partial charge in [-0.2, -0.15) is 0 Å². The van der Waals surface area contributed by atoms with Crippen molar-refractivity contribution >= 4 is 11.8 Å². The van der Waals surface area contributed by atoms with Crippen LogP contribution in [0.1, 0.15) is 41.0 Å². The molecule has 1 N–H and O–H groups in total. The molecular weight excluding hydrogens is 244 g/mol. The predicted octanol–water partition coefficient (Wildman–Crippen LogP) is 1.17. The molecule has 1 aliphatic rings. The fourth-order valence-electron chi connectivity index (χ4n) is 2.33. The molecule has 0 bridgehead atoms. The zero-order chi connectivity index (χ0) is 14.6. The Labute approximate surface area is 115 Å². The van der Waals surface area contributed by atoms with Gasteiger partial charge in [0.2, 0.25) is 11.8 Å². The normalized spacial score (nSPS) is 25.7. The highest BCUT2D eigenvalue weighted by molar-refractivity contribution is 5.97. The highest BCUT2D eigenvalue weighted by Gasteiger charge is 2.44. The van der Waals surface area contributed by atoms with Gasteiger partial charge in [0.25, 0.3) is 0 Å². The van der Waals surface area contributed by atoms with E-state index in [-0.39, 0.29) is 30.3 Å². The number of hydrogen-bond donors (Lipinski definition) is 1. The second-order valence-electron chi connectivity index (χ2n) is 5.64. The van der Waals surface area contributed by atoms with Crippen LogP contribution in [0.3, 0.4) is 0 Å². The van der Waals surface area contributed by atoms with Crippen molar-refractivity contribution in [2.45, 2.75) is 52.6 Å². The highest BCUT2D eigenvalue weighted by atomic mass is 16.5. The molecule has 0 aromatic rings. The Morgan fingerprint density at radius 3 is 2.47 bits per heavy atom. The molecule has 0 aromatic heterocycles. The first-order valence-electron chi connectivity index (χ1n) is 7.05. The molecule has 5 heteroatoms. The molecule has 110 valence electrons. The van der Waals surface area contributed by atoms with Gasteiger partial charge in [-0.3, -0.25) is 9.59 Å². The molecule has 0 aromatic carbocycles. The quantitative estimate of drug-likeness (QED) is 0.788. The molecule has 1 saturated heterocycles. The van der Waals surface area contributed by atoms with Crippen molar-refractivity contribution in [1.82, 2.24) is 10.2 Å². The van der Waals surface area contributed by atoms with Crippen LogP contribution in [-0.4, -0.2) is 48.1 Å². The maximum absolute atomic E-state index is 12.6. The minimum Gasteiger partial charge on any atom is -0.380 e. The molecule has 0 spiro atoms. The zero-order valence-electron chi connectivity index (χ0n) is 12.7. The summed E-state index contributed by atoms with van der Waals surface area (Å²) in [6.45, 7) is 10.9. The van der Waals surface area contributed by atoms with E-state index >= 15 is 0 Å². The molecular formula is C14H26N2O3. The lowest BCUT2D eigenvalue weighted by molar-refractivity contribution is -0.154. The first kappa shape index (κ1) is 16.0. The standard InChI is InChI=1S/C14H26N2O3/c1-6-14(5)13(18)16(8-12(17)15-14)11(10(3)4)9-19-7-2/h10-11H,6-9H2,1-5H3,(H,15,17). The van der Waals surface area contributed by atoms with Crippen LogP contribution in [0, 0.1) is 5.92 Å². The number of amides is 2. The van der Waals surface area contributed by atoms with Crippen LogP contribution in [0.25, 0.3) is 0 Å². The third kappa shape index (κ3) is 3.47. The van der Waals surface area contributed by atoms with Gasteiger partial charge >= 0.3 is 0 Å². The van der Waals surface area contributed by atoms with Crippen molar-refractivity contribution in [2.75, 3.05) is 19.8 Å². The van der Waals surface area contributed by atoms with E-state index in [0.717, 1.165) is 0 Å². The molecule has 2 amide bonds. The third-order valence-corrected chi connectivity index (χ3v) is 3.83. The van der Waals surface area contributed by atoms with Gasteiger partial charge in [-0.1, -0.05) is 20.8 Å². The van der Waals surface area contributed by atoms with Crippen LogP contribution >= 0.6 is 0 Å². The average molecular weight is 270 g/mol. The Bertz CT molecular complexity index is 344. The van der Waals surface area contributed by atoms with E-state index < -0.39 is 5.54 Å². The number of piperazine rings is 1. The van der Waals surface area contributed by atoms with E-state index in [0.29, 0.717) is 19.6 Å². The summed E-state index contributed by atoms with van der Waals surface area (Å²) in [6.07, 6.45) is 0.591. The van der Waals surface area contributed by atoms with E-state index in [2.05, 4.69) is 5.32 Å². The number of hydrogen-bond acceptors (Lipinski definition) is 3. The number of carbonyl (C=O) groups excluding carboxylic acids is 2. The van der Waals surface area contributed by atoms with E-state index in [9.17, 15) is 9.59 Å². The Hall–Kier alpha value is -1.10. The Balaban J connectivity index is 2.94. The summed E-state index contributed by atoms with van der Waals surface area (Å²) in [5, 5.41) is 2.80. The summed E-state index contributed by atoms with van der Waals surface area (Å²) in [7, 11) is 0. The monoisotopic (exact) mass is 270 g/mol. The molecule has 1 aliphatic heterocycles. The second kappa shape index (κ2) is 6.37. The zero-order valence-corrected chi connectivity index (χ0v) is 12.7. The predicted molar refractivity (Wildman–Crippen MR) is 73.7 cm³/mol. The summed E-state index contributed by atoms with van der Waals surface area (Å²) in [6, 6.07) is -0.0515. The van der Waals surface area contributed by atoms with Gasteiger partial charge in [0.15, 0.2) is 0 Å². The van der Waals surface area contributed by atoms with Crippen LogP contribution in [0.2, 0.25) is 0 Å². The first-order chi connectivity index (χ1) is 8.85. The highest BCUT2D eigenvalue weighted by Crippen LogP contribution is 2.22. The summed E-state index contributed by atoms with van der Waals surface area (Å²) in [5.41, 5.74) is -0.783. The Kier molecular flexibility index (Phi) is 5.35. The van der Waals surface area contributed by atoms with Gasteiger partial charge in [0.1, 0.15) is 12.1 Å². The minimum absolute atomic E-state index is 0.00648. The van der Waals surface area contributed by atoms with Crippen LogP contribution in [0.5, 0.6) is 0 Å². The Morgan fingerprint density at radius 2 is 2.00 bits per heavy atom. The van der Waals surface area contributed by atoms with Crippen LogP contribution in [0.15, 0.2) is 0 Å². The number of rotatable bonds is 6. The first-order valence-corrected chi connectivity index (χ1v) is 7.05. The lowest BCUT2D eigenvalue weighted by atomic mass is 9.91. The molecule has 1 rings (SSSR count). The van der Waals surface area contributed by atoms with E-state index in [1.807, 2.05) is 27.7 Å². The topological polar surface area (TPSA) is 58.6 Å². The minimum atomic E-state index is -0.783. The van der Waals surface area contributed by atoms with Gasteiger partial charge in [-0.25, -0.2) is 0 Å². The van der Waals surface area contributed by atoms with E-state index in [1.54, 1.807) is 11.8 Å². The third-order valence-electron chi connectivity index (χ3n) is 3.83. The molecule has 0 aliphatic carbocycles. The van der Waals surface area contributed by atoms with Crippen LogP contribution < -0.4 is 5.32 Å². The molecule has 2 unspecified atom stereocenters. The van der Waals surface area contributed by atoms with Crippen molar-refractivity contribution in [3.8, 4) is 0 Å². The van der Waals surface area contributed by atoms with Crippen molar-refractivity contribution in [3.63, 3.8) is 0 Å². The smallest absolute Gasteiger partial charge is 0.248 e. The molecule has 5 nitrogen and oxygen atoms in total. The number of ether oxygens (including phenoxy) is 1.